The minimum atomic E-state index is -0.249. The Morgan fingerprint density at radius 2 is 1.88 bits per heavy atom. The van der Waals surface area contributed by atoms with E-state index in [1.807, 2.05) is 18.2 Å². The summed E-state index contributed by atoms with van der Waals surface area (Å²) in [6.07, 6.45) is 1.83. The summed E-state index contributed by atoms with van der Waals surface area (Å²) < 4.78 is 16.1. The molecule has 25 heavy (non-hydrogen) atoms. The highest BCUT2D eigenvalue weighted by Gasteiger charge is 2.36. The van der Waals surface area contributed by atoms with Crippen molar-refractivity contribution in [2.45, 2.75) is 25.4 Å². The van der Waals surface area contributed by atoms with Gasteiger partial charge in [-0.3, -0.25) is 4.90 Å². The molecule has 2 aromatic rings. The van der Waals surface area contributed by atoms with Gasteiger partial charge in [-0.05, 0) is 36.6 Å². The highest BCUT2D eigenvalue weighted by atomic mass is 32.1. The third kappa shape index (κ3) is 2.60. The number of thiophene rings is 1. The van der Waals surface area contributed by atoms with Crippen molar-refractivity contribution < 1.29 is 19.0 Å². The summed E-state index contributed by atoms with van der Waals surface area (Å²) in [7, 11) is 4.85. The Balaban J connectivity index is 1.76. The highest BCUT2D eigenvalue weighted by molar-refractivity contribution is 7.14. The second kappa shape index (κ2) is 6.35. The molecule has 0 spiro atoms. The summed E-state index contributed by atoms with van der Waals surface area (Å²) in [5.74, 6) is 1.58. The Kier molecular flexibility index (Phi) is 4.17. The van der Waals surface area contributed by atoms with Crippen molar-refractivity contribution in [2.75, 3.05) is 27.9 Å². The van der Waals surface area contributed by atoms with E-state index in [0.717, 1.165) is 37.4 Å². The van der Waals surface area contributed by atoms with Gasteiger partial charge >= 0.3 is 5.97 Å². The van der Waals surface area contributed by atoms with Crippen LogP contribution in [0.5, 0.6) is 11.5 Å². The molecular formula is C19H21NO4S. The van der Waals surface area contributed by atoms with Gasteiger partial charge in [0, 0.05) is 35.1 Å². The van der Waals surface area contributed by atoms with Gasteiger partial charge in [0.25, 0.3) is 0 Å². The average molecular weight is 359 g/mol. The van der Waals surface area contributed by atoms with Crippen molar-refractivity contribution in [3.8, 4) is 11.5 Å². The van der Waals surface area contributed by atoms with E-state index in [0.29, 0.717) is 4.88 Å². The van der Waals surface area contributed by atoms with Crippen LogP contribution in [0.2, 0.25) is 0 Å². The lowest BCUT2D eigenvalue weighted by Crippen LogP contribution is -2.39. The molecule has 6 heteroatoms. The molecule has 0 aliphatic carbocycles. The van der Waals surface area contributed by atoms with Gasteiger partial charge < -0.3 is 14.2 Å². The van der Waals surface area contributed by atoms with Crippen LogP contribution in [-0.2, 0) is 24.1 Å². The predicted octanol–water partition coefficient (Wildman–Crippen LogP) is 3.21. The fourth-order valence-electron chi connectivity index (χ4n) is 3.97. The first-order valence-electron chi connectivity index (χ1n) is 8.34. The molecule has 0 N–H and O–H groups in total. The van der Waals surface area contributed by atoms with E-state index < -0.39 is 0 Å². The quantitative estimate of drug-likeness (QED) is 0.788. The zero-order valence-corrected chi connectivity index (χ0v) is 15.4. The number of fused-ring (bicyclic) bond motifs is 4. The number of ether oxygens (including phenoxy) is 3. The van der Waals surface area contributed by atoms with Crippen molar-refractivity contribution in [1.82, 2.24) is 4.90 Å². The molecule has 0 amide bonds. The van der Waals surface area contributed by atoms with Gasteiger partial charge in [0.2, 0.25) is 0 Å². The summed E-state index contributed by atoms with van der Waals surface area (Å²) in [5, 5.41) is 0. The smallest absolute Gasteiger partial charge is 0.348 e. The van der Waals surface area contributed by atoms with Gasteiger partial charge in [-0.15, -0.1) is 11.3 Å². The Hall–Kier alpha value is -2.05. The molecule has 0 radical (unpaired) electrons. The molecule has 0 fully saturated rings. The summed E-state index contributed by atoms with van der Waals surface area (Å²) >= 11 is 1.57. The summed E-state index contributed by atoms with van der Waals surface area (Å²) in [6, 6.07) is 6.24. The standard InChI is InChI=1S/C19H21NO4S/c1-22-15-4-5-16(23-2)13-10-20-7-6-17-12(14(20)8-11(13)15)9-18(25-17)19(21)24-3/h4-5,9,14H,6-8,10H2,1-3H3. The number of benzene rings is 1. The van der Waals surface area contributed by atoms with Crippen LogP contribution in [0.4, 0.5) is 0 Å². The molecule has 132 valence electrons. The van der Waals surface area contributed by atoms with Crippen molar-refractivity contribution in [3.63, 3.8) is 0 Å². The Bertz CT molecular complexity index is 829. The molecular weight excluding hydrogens is 338 g/mol. The number of methoxy groups -OCH3 is 3. The van der Waals surface area contributed by atoms with Crippen LogP contribution >= 0.6 is 11.3 Å². The van der Waals surface area contributed by atoms with Crippen LogP contribution in [-0.4, -0.2) is 38.7 Å². The van der Waals surface area contributed by atoms with Crippen LogP contribution in [0, 0.1) is 0 Å². The first-order valence-corrected chi connectivity index (χ1v) is 9.15. The van der Waals surface area contributed by atoms with E-state index in [1.54, 1.807) is 25.6 Å². The Morgan fingerprint density at radius 3 is 2.56 bits per heavy atom. The third-order valence-electron chi connectivity index (χ3n) is 5.20. The van der Waals surface area contributed by atoms with E-state index in [2.05, 4.69) is 4.90 Å². The van der Waals surface area contributed by atoms with Gasteiger partial charge in [-0.1, -0.05) is 0 Å². The minimum absolute atomic E-state index is 0.249. The van der Waals surface area contributed by atoms with Crippen molar-refractivity contribution in [2.24, 2.45) is 0 Å². The van der Waals surface area contributed by atoms with Gasteiger partial charge in [-0.25, -0.2) is 4.79 Å². The first kappa shape index (κ1) is 16.4. The fraction of sp³-hybridized carbons (Fsp3) is 0.421. The molecule has 0 saturated heterocycles. The van der Waals surface area contributed by atoms with E-state index >= 15 is 0 Å². The monoisotopic (exact) mass is 359 g/mol. The topological polar surface area (TPSA) is 48.0 Å². The van der Waals surface area contributed by atoms with Gasteiger partial charge in [-0.2, -0.15) is 0 Å². The van der Waals surface area contributed by atoms with Crippen LogP contribution in [0.15, 0.2) is 18.2 Å². The van der Waals surface area contributed by atoms with Crippen molar-refractivity contribution in [1.29, 1.82) is 0 Å². The maximum absolute atomic E-state index is 11.9. The molecule has 3 heterocycles. The molecule has 1 aromatic carbocycles. The zero-order valence-electron chi connectivity index (χ0n) is 14.6. The second-order valence-electron chi connectivity index (χ2n) is 6.35. The summed E-state index contributed by atoms with van der Waals surface area (Å²) in [4.78, 5) is 16.4. The van der Waals surface area contributed by atoms with Crippen LogP contribution in [0.1, 0.15) is 37.3 Å². The molecule has 0 saturated carbocycles. The lowest BCUT2D eigenvalue weighted by Gasteiger charge is -2.41. The normalized spacial score (nSPS) is 18.8. The third-order valence-corrected chi connectivity index (χ3v) is 6.39. The van der Waals surface area contributed by atoms with E-state index in [9.17, 15) is 4.79 Å². The van der Waals surface area contributed by atoms with E-state index in [1.165, 1.54) is 28.7 Å². The zero-order chi connectivity index (χ0) is 17.6. The number of rotatable bonds is 3. The maximum atomic E-state index is 11.9. The summed E-state index contributed by atoms with van der Waals surface area (Å²) in [6.45, 7) is 1.82. The molecule has 1 atom stereocenters. The molecule has 5 nitrogen and oxygen atoms in total. The lowest BCUT2D eigenvalue weighted by atomic mass is 9.86. The Morgan fingerprint density at radius 1 is 1.16 bits per heavy atom. The van der Waals surface area contributed by atoms with Crippen LogP contribution < -0.4 is 9.47 Å². The first-order chi connectivity index (χ1) is 12.2. The number of nitrogens with zero attached hydrogens (tertiary/aromatic N) is 1. The number of esters is 1. The summed E-state index contributed by atoms with van der Waals surface area (Å²) in [5.41, 5.74) is 3.68. The van der Waals surface area contributed by atoms with Gasteiger partial charge in [0.1, 0.15) is 16.4 Å². The van der Waals surface area contributed by atoms with E-state index in [-0.39, 0.29) is 12.0 Å². The lowest BCUT2D eigenvalue weighted by molar-refractivity contribution is 0.0606. The predicted molar refractivity (Wildman–Crippen MR) is 95.8 cm³/mol. The number of carbonyl (C=O) groups excluding carboxylic acids is 1. The molecule has 1 unspecified atom stereocenters. The molecule has 4 rings (SSSR count). The number of carbonyl (C=O) groups is 1. The van der Waals surface area contributed by atoms with Crippen molar-refractivity contribution in [3.05, 3.63) is 44.6 Å². The van der Waals surface area contributed by atoms with Crippen LogP contribution in [0.3, 0.4) is 0 Å². The molecule has 0 bridgehead atoms. The van der Waals surface area contributed by atoms with Crippen molar-refractivity contribution >= 4 is 17.3 Å². The van der Waals surface area contributed by atoms with E-state index in [4.69, 9.17) is 14.2 Å². The van der Waals surface area contributed by atoms with Crippen LogP contribution in [0.25, 0.3) is 0 Å². The maximum Gasteiger partial charge on any atom is 0.348 e. The Labute approximate surface area is 151 Å². The van der Waals surface area contributed by atoms with Gasteiger partial charge in [0.05, 0.1) is 21.3 Å². The number of hydrogen-bond donors (Lipinski definition) is 0. The highest BCUT2D eigenvalue weighted by Crippen LogP contribution is 2.45. The minimum Gasteiger partial charge on any atom is -0.496 e. The fourth-order valence-corrected chi connectivity index (χ4v) is 5.10. The SMILES string of the molecule is COC(=O)c1cc2c(s1)CCN1Cc3c(OC)ccc(OC)c3CC21. The molecule has 1 aromatic heterocycles. The average Bonchev–Trinajstić information content (AvgIpc) is 3.09. The number of hydrogen-bond acceptors (Lipinski definition) is 6. The molecule has 2 aliphatic rings. The molecule has 2 aliphatic heterocycles. The van der Waals surface area contributed by atoms with Gasteiger partial charge in [0.15, 0.2) is 0 Å². The largest absolute Gasteiger partial charge is 0.496 e. The second-order valence-corrected chi connectivity index (χ2v) is 7.49.